The molecule has 1 N–H and O–H groups in total. The molecule has 0 amide bonds. The van der Waals surface area contributed by atoms with Gasteiger partial charge < -0.3 is 10.2 Å². The van der Waals surface area contributed by atoms with Crippen molar-refractivity contribution in [2.24, 2.45) is 5.92 Å². The molecule has 2 heteroatoms. The van der Waals surface area contributed by atoms with Crippen LogP contribution in [-0.4, -0.2) is 20.1 Å². The minimum Gasteiger partial charge on any atom is -0.383 e. The predicted octanol–water partition coefficient (Wildman–Crippen LogP) is 4.30. The largest absolute Gasteiger partial charge is 0.383 e. The Bertz CT molecular complexity index is 369. The Morgan fingerprint density at radius 1 is 1.11 bits per heavy atom. The average Bonchev–Trinajstić information content (AvgIpc) is 2.28. The number of rotatable bonds is 6. The monoisotopic (exact) mass is 248 g/mol. The fraction of sp³-hybridized carbons (Fsp3) is 0.625. The first-order chi connectivity index (χ1) is 8.40. The summed E-state index contributed by atoms with van der Waals surface area (Å²) in [4.78, 5) is 2.17. The molecular weight excluding hydrogens is 220 g/mol. The molecule has 0 bridgehead atoms. The standard InChI is InChI=1S/C16H28N2/c1-12(2)7-9-14(4)17-15-10-8-13(3)16(11-15)18(5)6/h8,10-12,14,17H,7,9H2,1-6H3. The lowest BCUT2D eigenvalue weighted by molar-refractivity contribution is 0.528. The molecule has 1 atom stereocenters. The summed E-state index contributed by atoms with van der Waals surface area (Å²) in [5.41, 5.74) is 3.83. The van der Waals surface area contributed by atoms with Gasteiger partial charge in [-0.2, -0.15) is 0 Å². The van der Waals surface area contributed by atoms with Crippen molar-refractivity contribution in [2.45, 2.75) is 46.6 Å². The Hall–Kier alpha value is -1.18. The van der Waals surface area contributed by atoms with Gasteiger partial charge in [0.1, 0.15) is 0 Å². The lowest BCUT2D eigenvalue weighted by atomic mass is 10.0. The summed E-state index contributed by atoms with van der Waals surface area (Å²) in [6.45, 7) is 8.98. The Morgan fingerprint density at radius 3 is 2.33 bits per heavy atom. The first-order valence-electron chi connectivity index (χ1n) is 6.94. The number of nitrogens with zero attached hydrogens (tertiary/aromatic N) is 1. The molecule has 0 aliphatic heterocycles. The van der Waals surface area contributed by atoms with Crippen LogP contribution in [0.25, 0.3) is 0 Å². The van der Waals surface area contributed by atoms with Gasteiger partial charge in [0.25, 0.3) is 0 Å². The molecule has 0 fully saturated rings. The molecule has 2 nitrogen and oxygen atoms in total. The number of nitrogens with one attached hydrogen (secondary N) is 1. The normalized spacial score (nSPS) is 12.6. The van der Waals surface area contributed by atoms with E-state index in [1.54, 1.807) is 0 Å². The molecule has 0 aliphatic rings. The quantitative estimate of drug-likeness (QED) is 0.807. The molecule has 102 valence electrons. The van der Waals surface area contributed by atoms with Crippen LogP contribution in [0.5, 0.6) is 0 Å². The molecule has 0 aliphatic carbocycles. The van der Waals surface area contributed by atoms with Gasteiger partial charge in [-0.25, -0.2) is 0 Å². The molecule has 1 aromatic rings. The zero-order valence-corrected chi connectivity index (χ0v) is 12.7. The average molecular weight is 248 g/mol. The highest BCUT2D eigenvalue weighted by Crippen LogP contribution is 2.23. The number of anilines is 2. The maximum absolute atomic E-state index is 3.59. The summed E-state index contributed by atoms with van der Waals surface area (Å²) >= 11 is 0. The van der Waals surface area contributed by atoms with Crippen molar-refractivity contribution < 1.29 is 0 Å². The van der Waals surface area contributed by atoms with Gasteiger partial charge in [-0.15, -0.1) is 0 Å². The van der Waals surface area contributed by atoms with Crippen molar-refractivity contribution in [3.05, 3.63) is 23.8 Å². The van der Waals surface area contributed by atoms with Crippen molar-refractivity contribution in [2.75, 3.05) is 24.3 Å². The van der Waals surface area contributed by atoms with Gasteiger partial charge in [0, 0.05) is 31.5 Å². The van der Waals surface area contributed by atoms with Gasteiger partial charge >= 0.3 is 0 Å². The van der Waals surface area contributed by atoms with E-state index in [4.69, 9.17) is 0 Å². The Morgan fingerprint density at radius 2 is 1.78 bits per heavy atom. The third kappa shape index (κ3) is 4.59. The number of aryl methyl sites for hydroxylation is 1. The number of hydrogen-bond acceptors (Lipinski definition) is 2. The lowest BCUT2D eigenvalue weighted by Crippen LogP contribution is -2.17. The van der Waals surface area contributed by atoms with Crippen LogP contribution in [-0.2, 0) is 0 Å². The third-order valence-electron chi connectivity index (χ3n) is 3.28. The van der Waals surface area contributed by atoms with Crippen LogP contribution in [0.3, 0.4) is 0 Å². The summed E-state index contributed by atoms with van der Waals surface area (Å²) < 4.78 is 0. The molecule has 1 unspecified atom stereocenters. The lowest BCUT2D eigenvalue weighted by Gasteiger charge is -2.20. The van der Waals surface area contributed by atoms with Gasteiger partial charge in [0.2, 0.25) is 0 Å². The first-order valence-corrected chi connectivity index (χ1v) is 6.94. The highest BCUT2D eigenvalue weighted by atomic mass is 15.1. The molecule has 0 heterocycles. The molecule has 0 saturated carbocycles. The number of hydrogen-bond donors (Lipinski definition) is 1. The van der Waals surface area contributed by atoms with Crippen LogP contribution >= 0.6 is 0 Å². The van der Waals surface area contributed by atoms with Gasteiger partial charge in [-0.1, -0.05) is 19.9 Å². The highest BCUT2D eigenvalue weighted by Gasteiger charge is 2.06. The fourth-order valence-corrected chi connectivity index (χ4v) is 2.12. The van der Waals surface area contributed by atoms with E-state index in [0.717, 1.165) is 5.92 Å². The Labute approximate surface area is 112 Å². The fourth-order valence-electron chi connectivity index (χ4n) is 2.12. The maximum atomic E-state index is 3.59. The smallest absolute Gasteiger partial charge is 0.0411 e. The molecule has 18 heavy (non-hydrogen) atoms. The summed E-state index contributed by atoms with van der Waals surface area (Å²) in [6.07, 6.45) is 2.50. The molecule has 0 radical (unpaired) electrons. The van der Waals surface area contributed by atoms with E-state index in [1.165, 1.54) is 29.8 Å². The molecule has 0 saturated heterocycles. The third-order valence-corrected chi connectivity index (χ3v) is 3.28. The van der Waals surface area contributed by atoms with Crippen LogP contribution in [0, 0.1) is 12.8 Å². The molecule has 1 rings (SSSR count). The second-order valence-electron chi connectivity index (χ2n) is 5.91. The Balaban J connectivity index is 2.64. The zero-order valence-electron chi connectivity index (χ0n) is 12.7. The molecule has 0 aromatic heterocycles. The minimum atomic E-state index is 0.533. The van der Waals surface area contributed by atoms with Crippen molar-refractivity contribution in [1.29, 1.82) is 0 Å². The summed E-state index contributed by atoms with van der Waals surface area (Å²) in [7, 11) is 4.18. The van der Waals surface area contributed by atoms with Crippen LogP contribution in [0.4, 0.5) is 11.4 Å². The van der Waals surface area contributed by atoms with E-state index in [2.05, 4.69) is 70.2 Å². The van der Waals surface area contributed by atoms with E-state index < -0.39 is 0 Å². The van der Waals surface area contributed by atoms with E-state index >= 15 is 0 Å². The zero-order chi connectivity index (χ0) is 13.7. The topological polar surface area (TPSA) is 15.3 Å². The number of benzene rings is 1. The van der Waals surface area contributed by atoms with Gasteiger partial charge in [-0.05, 0) is 50.3 Å². The molecule has 1 aromatic carbocycles. The Kier molecular flexibility index (Phi) is 5.52. The first kappa shape index (κ1) is 14.9. The maximum Gasteiger partial charge on any atom is 0.0411 e. The predicted molar refractivity (Wildman–Crippen MR) is 82.7 cm³/mol. The van der Waals surface area contributed by atoms with Crippen molar-refractivity contribution in [3.63, 3.8) is 0 Å². The molecular formula is C16H28N2. The van der Waals surface area contributed by atoms with Gasteiger partial charge in [-0.3, -0.25) is 0 Å². The van der Waals surface area contributed by atoms with E-state index in [0.29, 0.717) is 6.04 Å². The van der Waals surface area contributed by atoms with E-state index in [9.17, 15) is 0 Å². The van der Waals surface area contributed by atoms with Crippen molar-refractivity contribution in [1.82, 2.24) is 0 Å². The van der Waals surface area contributed by atoms with Crippen molar-refractivity contribution in [3.8, 4) is 0 Å². The van der Waals surface area contributed by atoms with Crippen LogP contribution in [0.15, 0.2) is 18.2 Å². The van der Waals surface area contributed by atoms with Gasteiger partial charge in [0.15, 0.2) is 0 Å². The van der Waals surface area contributed by atoms with E-state index in [-0.39, 0.29) is 0 Å². The summed E-state index contributed by atoms with van der Waals surface area (Å²) in [5, 5.41) is 3.59. The van der Waals surface area contributed by atoms with Crippen molar-refractivity contribution >= 4 is 11.4 Å². The molecule has 0 spiro atoms. The second-order valence-corrected chi connectivity index (χ2v) is 5.91. The van der Waals surface area contributed by atoms with Crippen LogP contribution in [0.2, 0.25) is 0 Å². The van der Waals surface area contributed by atoms with Crippen LogP contribution < -0.4 is 10.2 Å². The minimum absolute atomic E-state index is 0.533. The second kappa shape index (κ2) is 6.67. The summed E-state index contributed by atoms with van der Waals surface area (Å²) in [6, 6.07) is 7.13. The SMILES string of the molecule is Cc1ccc(NC(C)CCC(C)C)cc1N(C)C. The van der Waals surface area contributed by atoms with E-state index in [1.807, 2.05) is 0 Å². The summed E-state index contributed by atoms with van der Waals surface area (Å²) in [5.74, 6) is 0.782. The van der Waals surface area contributed by atoms with Crippen LogP contribution in [0.1, 0.15) is 39.2 Å². The highest BCUT2D eigenvalue weighted by molar-refractivity contribution is 5.62. The van der Waals surface area contributed by atoms with Gasteiger partial charge in [0.05, 0.1) is 0 Å².